The number of aromatic nitrogens is 5. The predicted octanol–water partition coefficient (Wildman–Crippen LogP) is 3.79. The number of nitrogens with two attached hydrogens (primary N) is 2. The van der Waals surface area contributed by atoms with Crippen LogP contribution < -0.4 is 11.5 Å². The molecule has 176 valence electrons. The molecule has 0 aliphatic carbocycles. The summed E-state index contributed by atoms with van der Waals surface area (Å²) in [5.41, 5.74) is 15.7. The van der Waals surface area contributed by atoms with Gasteiger partial charge in [-0.15, -0.1) is 0 Å². The molecule has 2 aromatic carbocycles. The van der Waals surface area contributed by atoms with Gasteiger partial charge < -0.3 is 20.6 Å². The van der Waals surface area contributed by atoms with Crippen LogP contribution in [-0.4, -0.2) is 47.8 Å². The van der Waals surface area contributed by atoms with Crippen LogP contribution in [0.2, 0.25) is 0 Å². The number of carbonyl (C=O) groups excluding carboxylic acids is 1. The number of anilines is 2. The number of nitrogens with zero attached hydrogens (tertiary/aromatic N) is 5. The van der Waals surface area contributed by atoms with Gasteiger partial charge in [0.2, 0.25) is 0 Å². The summed E-state index contributed by atoms with van der Waals surface area (Å²) in [6, 6.07) is 14.6. The number of hydrogen-bond acceptors (Lipinski definition) is 11. The van der Waals surface area contributed by atoms with E-state index in [0.29, 0.717) is 51.5 Å². The van der Waals surface area contributed by atoms with Crippen LogP contribution >= 0.6 is 21.6 Å². The van der Waals surface area contributed by atoms with Crippen LogP contribution in [-0.2, 0) is 11.3 Å². The number of esters is 1. The van der Waals surface area contributed by atoms with Gasteiger partial charge in [0.15, 0.2) is 11.2 Å². The molecular weight excluding hydrogens is 486 g/mol. The van der Waals surface area contributed by atoms with E-state index in [2.05, 4.69) is 15.0 Å². The topological polar surface area (TPSA) is 148 Å². The molecule has 1 aliphatic rings. The zero-order valence-corrected chi connectivity index (χ0v) is 19.8. The zero-order chi connectivity index (χ0) is 23.9. The highest BCUT2D eigenvalue weighted by atomic mass is 33.1. The lowest BCUT2D eigenvalue weighted by Gasteiger charge is -2.18. The molecule has 12 heteroatoms. The number of rotatable bonds is 5. The Bertz CT molecular complexity index is 1550. The van der Waals surface area contributed by atoms with Gasteiger partial charge in [-0.25, -0.2) is 19.4 Å². The van der Waals surface area contributed by atoms with Crippen molar-refractivity contribution in [2.24, 2.45) is 0 Å². The molecule has 4 N–H and O–H groups in total. The second kappa shape index (κ2) is 8.78. The molecule has 35 heavy (non-hydrogen) atoms. The third kappa shape index (κ3) is 4.04. The van der Waals surface area contributed by atoms with Gasteiger partial charge in [0, 0.05) is 11.3 Å². The zero-order valence-electron chi connectivity index (χ0n) is 18.2. The highest BCUT2D eigenvalue weighted by molar-refractivity contribution is 8.77. The molecule has 5 aromatic rings. The maximum Gasteiger partial charge on any atom is 0.338 e. The molecule has 1 aliphatic heterocycles. The van der Waals surface area contributed by atoms with Gasteiger partial charge in [-0.2, -0.15) is 10.1 Å². The molecule has 2 unspecified atom stereocenters. The average Bonchev–Trinajstić information content (AvgIpc) is 3.56. The molecule has 1 fully saturated rings. The Balaban J connectivity index is 1.33. The lowest BCUT2D eigenvalue weighted by molar-refractivity contribution is 0.0342. The summed E-state index contributed by atoms with van der Waals surface area (Å²) in [6.07, 6.45) is 1.15. The molecule has 1 saturated heterocycles. The normalized spacial score (nSPS) is 17.8. The van der Waals surface area contributed by atoms with Crippen LogP contribution in [0.3, 0.4) is 0 Å². The SMILES string of the molecule is Nc1nc2cc(-c3nn(CC4SSCC4OC(=O)c4ccccc4)c4ncnc(N)c34)ccc2o1. The Morgan fingerprint density at radius 3 is 2.89 bits per heavy atom. The van der Waals surface area contributed by atoms with E-state index >= 15 is 0 Å². The summed E-state index contributed by atoms with van der Waals surface area (Å²) in [5.74, 6) is 0.694. The van der Waals surface area contributed by atoms with Crippen molar-refractivity contribution in [1.29, 1.82) is 0 Å². The van der Waals surface area contributed by atoms with Crippen molar-refractivity contribution < 1.29 is 13.9 Å². The lowest BCUT2D eigenvalue weighted by atomic mass is 10.1. The summed E-state index contributed by atoms with van der Waals surface area (Å²) in [4.78, 5) is 25.5. The number of benzene rings is 2. The number of hydrogen-bond donors (Lipinski definition) is 2. The maximum atomic E-state index is 12.6. The second-order valence-corrected chi connectivity index (χ2v) is 10.6. The van der Waals surface area contributed by atoms with Crippen molar-refractivity contribution >= 4 is 61.5 Å². The Labute approximate surface area is 206 Å². The van der Waals surface area contributed by atoms with E-state index in [-0.39, 0.29) is 23.3 Å². The van der Waals surface area contributed by atoms with Crippen LogP contribution in [0, 0.1) is 0 Å². The Morgan fingerprint density at radius 1 is 1.17 bits per heavy atom. The van der Waals surface area contributed by atoms with Crippen LogP contribution in [0.4, 0.5) is 11.8 Å². The molecule has 0 radical (unpaired) electrons. The van der Waals surface area contributed by atoms with Gasteiger partial charge in [-0.05, 0) is 30.3 Å². The first-order chi connectivity index (χ1) is 17.1. The molecule has 0 saturated carbocycles. The van der Waals surface area contributed by atoms with E-state index in [0.717, 1.165) is 5.56 Å². The van der Waals surface area contributed by atoms with Gasteiger partial charge in [0.05, 0.1) is 22.7 Å². The van der Waals surface area contributed by atoms with E-state index in [9.17, 15) is 4.79 Å². The van der Waals surface area contributed by atoms with Gasteiger partial charge in [0.25, 0.3) is 6.01 Å². The van der Waals surface area contributed by atoms with Gasteiger partial charge in [0.1, 0.15) is 29.5 Å². The third-order valence-corrected chi connectivity index (χ3v) is 8.55. The smallest absolute Gasteiger partial charge is 0.338 e. The van der Waals surface area contributed by atoms with Crippen molar-refractivity contribution in [1.82, 2.24) is 24.7 Å². The second-order valence-electron chi connectivity index (χ2n) is 7.95. The Kier molecular flexibility index (Phi) is 5.46. The summed E-state index contributed by atoms with van der Waals surface area (Å²) >= 11 is 0. The highest BCUT2D eigenvalue weighted by Crippen LogP contribution is 2.41. The molecule has 2 atom stereocenters. The fourth-order valence-corrected chi connectivity index (χ4v) is 7.03. The Morgan fingerprint density at radius 2 is 2.03 bits per heavy atom. The predicted molar refractivity (Wildman–Crippen MR) is 137 cm³/mol. The van der Waals surface area contributed by atoms with Crippen LogP contribution in [0.5, 0.6) is 0 Å². The van der Waals surface area contributed by atoms with Crippen LogP contribution in [0.1, 0.15) is 10.4 Å². The Hall–Kier alpha value is -3.77. The van der Waals surface area contributed by atoms with E-state index in [1.54, 1.807) is 44.5 Å². The number of ether oxygens (including phenoxy) is 1. The quantitative estimate of drug-likeness (QED) is 0.265. The number of nitrogen functional groups attached to an aromatic ring is 2. The highest BCUT2D eigenvalue weighted by Gasteiger charge is 2.34. The molecule has 10 nitrogen and oxygen atoms in total. The van der Waals surface area contributed by atoms with Crippen LogP contribution in [0.15, 0.2) is 59.3 Å². The maximum absolute atomic E-state index is 12.6. The number of carbonyl (C=O) groups is 1. The fourth-order valence-electron chi connectivity index (χ4n) is 4.02. The molecule has 3 aromatic heterocycles. The van der Waals surface area contributed by atoms with E-state index in [4.69, 9.17) is 25.7 Å². The first kappa shape index (κ1) is 21.7. The van der Waals surface area contributed by atoms with Crippen molar-refractivity contribution in [3.8, 4) is 11.3 Å². The molecule has 4 heterocycles. The first-order valence-electron chi connectivity index (χ1n) is 10.7. The van der Waals surface area contributed by atoms with E-state index in [1.807, 2.05) is 30.3 Å². The minimum absolute atomic E-state index is 0.0161. The van der Waals surface area contributed by atoms with Crippen molar-refractivity contribution in [3.05, 3.63) is 60.4 Å². The van der Waals surface area contributed by atoms with Gasteiger partial charge in [-0.1, -0.05) is 39.8 Å². The lowest BCUT2D eigenvalue weighted by Crippen LogP contribution is -2.31. The van der Waals surface area contributed by atoms with Gasteiger partial charge in [-0.3, -0.25) is 0 Å². The minimum atomic E-state index is -0.332. The van der Waals surface area contributed by atoms with E-state index < -0.39 is 0 Å². The summed E-state index contributed by atoms with van der Waals surface area (Å²) < 4.78 is 13.0. The van der Waals surface area contributed by atoms with Crippen molar-refractivity contribution in [3.63, 3.8) is 0 Å². The van der Waals surface area contributed by atoms with Crippen LogP contribution in [0.25, 0.3) is 33.4 Å². The number of oxazole rings is 1. The third-order valence-electron chi connectivity index (χ3n) is 5.70. The molecule has 0 spiro atoms. The van der Waals surface area contributed by atoms with Crippen molar-refractivity contribution in [2.75, 3.05) is 17.2 Å². The standard InChI is InChI=1S/C23H19N7O3S2/c24-20-18-19(13-6-7-15-14(8-13)28-23(25)33-15)29-30(21(18)27-11-26-20)9-17-16(10-34-35-17)32-22(31)12-4-2-1-3-5-12/h1-8,11,16-17H,9-10H2,(H2,25,28)(H2,24,26,27). The van der Waals surface area contributed by atoms with Crippen molar-refractivity contribution in [2.45, 2.75) is 17.9 Å². The summed E-state index contributed by atoms with van der Waals surface area (Å²) in [5, 5.41) is 5.48. The largest absolute Gasteiger partial charge is 0.457 e. The molecule has 6 rings (SSSR count). The van der Waals surface area contributed by atoms with E-state index in [1.165, 1.54) is 6.33 Å². The van der Waals surface area contributed by atoms with Gasteiger partial charge >= 0.3 is 5.97 Å². The average molecular weight is 506 g/mol. The first-order valence-corrected chi connectivity index (χ1v) is 13.1. The summed E-state index contributed by atoms with van der Waals surface area (Å²) in [7, 11) is 3.35. The molecule has 0 bridgehead atoms. The summed E-state index contributed by atoms with van der Waals surface area (Å²) in [6.45, 7) is 0.483. The number of fused-ring (bicyclic) bond motifs is 2. The molecule has 0 amide bonds. The minimum Gasteiger partial charge on any atom is -0.457 e. The fraction of sp³-hybridized carbons (Fsp3) is 0.174. The molecular formula is C23H19N7O3S2. The monoisotopic (exact) mass is 505 g/mol.